The predicted molar refractivity (Wildman–Crippen MR) is 189 cm³/mol. The second kappa shape index (κ2) is 20.7. The molecule has 1 amide bonds. The van der Waals surface area contributed by atoms with Crippen LogP contribution in [0, 0.1) is 24.2 Å². The van der Waals surface area contributed by atoms with Gasteiger partial charge in [-0.2, -0.15) is 0 Å². The summed E-state index contributed by atoms with van der Waals surface area (Å²) in [5.74, 6) is 1.32. The van der Waals surface area contributed by atoms with Crippen molar-refractivity contribution >= 4 is 6.41 Å². The van der Waals surface area contributed by atoms with E-state index in [2.05, 4.69) is 97.0 Å². The van der Waals surface area contributed by atoms with Crippen LogP contribution in [-0.4, -0.2) is 48.9 Å². The summed E-state index contributed by atoms with van der Waals surface area (Å²) >= 11 is 0. The lowest BCUT2D eigenvalue weighted by atomic mass is 9.88. The molecule has 1 N–H and O–H groups in total. The fourth-order valence-corrected chi connectivity index (χ4v) is 5.56. The highest BCUT2D eigenvalue weighted by Crippen LogP contribution is 2.30. The maximum absolute atomic E-state index is 9.91. The molecule has 0 bridgehead atoms. The molecule has 0 aromatic heterocycles. The van der Waals surface area contributed by atoms with E-state index in [4.69, 9.17) is 0 Å². The summed E-state index contributed by atoms with van der Waals surface area (Å²) in [6.45, 7) is 30.0. The highest BCUT2D eigenvalue weighted by atomic mass is 16.1. The Labute approximate surface area is 267 Å². The van der Waals surface area contributed by atoms with Crippen molar-refractivity contribution in [3.63, 3.8) is 0 Å². The van der Waals surface area contributed by atoms with Crippen LogP contribution in [0.2, 0.25) is 0 Å². The molecule has 1 aliphatic carbocycles. The van der Waals surface area contributed by atoms with Crippen molar-refractivity contribution in [3.05, 3.63) is 59.4 Å². The van der Waals surface area contributed by atoms with Gasteiger partial charge in [0.1, 0.15) is 0 Å². The van der Waals surface area contributed by atoms with Crippen LogP contribution in [0.25, 0.3) is 0 Å². The van der Waals surface area contributed by atoms with Crippen LogP contribution in [0.5, 0.6) is 0 Å². The molecule has 1 saturated carbocycles. The van der Waals surface area contributed by atoms with E-state index in [1.54, 1.807) is 4.90 Å². The Kier molecular flexibility index (Phi) is 18.7. The molecule has 1 saturated heterocycles. The largest absolute Gasteiger partial charge is 0.389 e. The molecule has 1 heterocycles. The lowest BCUT2D eigenvalue weighted by Gasteiger charge is -2.38. The van der Waals surface area contributed by atoms with Gasteiger partial charge in [0.05, 0.1) is 0 Å². The van der Waals surface area contributed by atoms with E-state index >= 15 is 0 Å². The molecule has 4 nitrogen and oxygen atoms in total. The quantitative estimate of drug-likeness (QED) is 0.162. The fraction of sp³-hybridized carbons (Fsp3) is 0.718. The van der Waals surface area contributed by atoms with Gasteiger partial charge in [-0.25, -0.2) is 0 Å². The number of piperidine rings is 1. The number of likely N-dealkylation sites (tertiary alicyclic amines) is 1. The molecule has 2 fully saturated rings. The van der Waals surface area contributed by atoms with Crippen molar-refractivity contribution in [1.29, 1.82) is 0 Å². The van der Waals surface area contributed by atoms with E-state index in [-0.39, 0.29) is 0 Å². The molecule has 0 unspecified atom stereocenters. The number of allylic oxidation sites excluding steroid dienone is 1. The molecule has 2 aliphatic rings. The summed E-state index contributed by atoms with van der Waals surface area (Å²) in [6.07, 6.45) is 15.9. The standard InChI is InChI=1S/C19H36N2.C15H24.C5H9NO/c1-15(2)10-11-20-17(4)18-9-8-12-21(14-18)16(3)13-19(5,6)7;1-4-6-7-8-9-15-11-13(3)10-14(5-2)12-15;1-6(4-7)5-2-3-5/h15,18,20H,3-4,8-14H2,1-2,5-7H3;10-12H,4-9H2,1-3H3;4-5H,2-3H2,1H3/t18-;;/m0../s1. The minimum absolute atomic E-state index is 0.316. The first kappa shape index (κ1) is 38.8. The van der Waals surface area contributed by atoms with Crippen LogP contribution in [-0.2, 0) is 17.6 Å². The Balaban J connectivity index is 0.000000362. The average Bonchev–Trinajstić information content (AvgIpc) is 3.80. The Morgan fingerprint density at radius 1 is 1.07 bits per heavy atom. The van der Waals surface area contributed by atoms with Gasteiger partial charge in [0.25, 0.3) is 0 Å². The second-order valence-electron chi connectivity index (χ2n) is 14.7. The van der Waals surface area contributed by atoms with Crippen LogP contribution >= 0.6 is 0 Å². The van der Waals surface area contributed by atoms with Crippen molar-refractivity contribution in [2.75, 3.05) is 26.7 Å². The van der Waals surface area contributed by atoms with Gasteiger partial charge in [-0.1, -0.05) is 105 Å². The van der Waals surface area contributed by atoms with E-state index in [1.807, 2.05) is 7.05 Å². The molecule has 0 spiro atoms. The number of nitrogens with one attached hydrogen (secondary N) is 1. The molecule has 0 radical (unpaired) electrons. The van der Waals surface area contributed by atoms with Crippen LogP contribution < -0.4 is 5.32 Å². The third kappa shape index (κ3) is 18.2. The highest BCUT2D eigenvalue weighted by Gasteiger charge is 2.25. The summed E-state index contributed by atoms with van der Waals surface area (Å²) in [4.78, 5) is 14.1. The van der Waals surface area contributed by atoms with E-state index in [9.17, 15) is 4.79 Å². The van der Waals surface area contributed by atoms with Gasteiger partial charge >= 0.3 is 0 Å². The number of hydrogen-bond donors (Lipinski definition) is 1. The topological polar surface area (TPSA) is 35.6 Å². The van der Waals surface area contributed by atoms with Gasteiger partial charge in [0.2, 0.25) is 6.41 Å². The van der Waals surface area contributed by atoms with Gasteiger partial charge in [0, 0.05) is 50.0 Å². The molecule has 1 atom stereocenters. The van der Waals surface area contributed by atoms with E-state index in [0.29, 0.717) is 17.4 Å². The number of amides is 1. The lowest BCUT2D eigenvalue weighted by Crippen LogP contribution is -2.38. The normalized spacial score (nSPS) is 16.4. The highest BCUT2D eigenvalue weighted by molar-refractivity contribution is 5.47. The van der Waals surface area contributed by atoms with Crippen molar-refractivity contribution < 1.29 is 4.79 Å². The third-order valence-electron chi connectivity index (χ3n) is 8.38. The molecule has 246 valence electrons. The van der Waals surface area contributed by atoms with Gasteiger partial charge in [-0.15, -0.1) is 0 Å². The second-order valence-corrected chi connectivity index (χ2v) is 14.7. The average molecular weight is 596 g/mol. The van der Waals surface area contributed by atoms with Crippen molar-refractivity contribution in [2.24, 2.45) is 17.3 Å². The maximum atomic E-state index is 9.91. The first-order chi connectivity index (χ1) is 20.3. The molecule has 1 aromatic rings. The number of benzene rings is 1. The Bertz CT molecular complexity index is 940. The number of rotatable bonds is 15. The summed E-state index contributed by atoms with van der Waals surface area (Å²) < 4.78 is 0. The van der Waals surface area contributed by atoms with Crippen molar-refractivity contribution in [3.8, 4) is 0 Å². The van der Waals surface area contributed by atoms with Crippen LogP contribution in [0.3, 0.4) is 0 Å². The Morgan fingerprint density at radius 2 is 1.74 bits per heavy atom. The zero-order valence-electron chi connectivity index (χ0n) is 29.9. The van der Waals surface area contributed by atoms with Crippen LogP contribution in [0.15, 0.2) is 42.8 Å². The van der Waals surface area contributed by atoms with Crippen molar-refractivity contribution in [1.82, 2.24) is 15.1 Å². The predicted octanol–water partition coefficient (Wildman–Crippen LogP) is 9.71. The number of unbranched alkanes of at least 4 members (excludes halogenated alkanes) is 3. The first-order valence-electron chi connectivity index (χ1n) is 17.4. The van der Waals surface area contributed by atoms with E-state index < -0.39 is 0 Å². The minimum atomic E-state index is 0.316. The van der Waals surface area contributed by atoms with Crippen LogP contribution in [0.4, 0.5) is 0 Å². The number of carbonyl (C=O) groups is 1. The van der Waals surface area contributed by atoms with Gasteiger partial charge in [0.15, 0.2) is 0 Å². The van der Waals surface area contributed by atoms with E-state index in [1.165, 1.54) is 92.3 Å². The van der Waals surface area contributed by atoms with E-state index in [0.717, 1.165) is 44.8 Å². The first-order valence-corrected chi connectivity index (χ1v) is 17.4. The molecule has 3 rings (SSSR count). The monoisotopic (exact) mass is 596 g/mol. The Morgan fingerprint density at radius 3 is 2.28 bits per heavy atom. The van der Waals surface area contributed by atoms with Gasteiger partial charge in [-0.3, -0.25) is 4.79 Å². The number of aryl methyl sites for hydroxylation is 3. The molecule has 43 heavy (non-hydrogen) atoms. The zero-order valence-corrected chi connectivity index (χ0v) is 29.9. The maximum Gasteiger partial charge on any atom is 0.209 e. The molecular weight excluding hydrogens is 526 g/mol. The Hall–Kier alpha value is -2.23. The SMILES string of the molecule is C=C(NCCC(C)C)[C@H]1CCCN(C(=C)CC(C)(C)C)C1.CCCCCCc1cc(C)cc(CC)c1.CN(C=O)C1CC1. The molecule has 1 aliphatic heterocycles. The van der Waals surface area contributed by atoms with Crippen LogP contribution in [0.1, 0.15) is 129 Å². The summed E-state index contributed by atoms with van der Waals surface area (Å²) in [5, 5.41) is 3.54. The number of carbonyl (C=O) groups excluding carboxylic acids is 1. The fourth-order valence-electron chi connectivity index (χ4n) is 5.56. The van der Waals surface area contributed by atoms with Gasteiger partial charge in [-0.05, 0) is 87.2 Å². The summed E-state index contributed by atoms with van der Waals surface area (Å²) in [5.41, 5.74) is 7.27. The third-order valence-corrected chi connectivity index (χ3v) is 8.38. The number of hydrogen-bond acceptors (Lipinski definition) is 3. The molecule has 1 aromatic carbocycles. The summed E-state index contributed by atoms with van der Waals surface area (Å²) in [6, 6.07) is 7.59. The smallest absolute Gasteiger partial charge is 0.209 e. The zero-order chi connectivity index (χ0) is 32.4. The lowest BCUT2D eigenvalue weighted by molar-refractivity contribution is -0.117. The molecular formula is C39H69N3O. The van der Waals surface area contributed by atoms with Crippen molar-refractivity contribution in [2.45, 2.75) is 138 Å². The summed E-state index contributed by atoms with van der Waals surface area (Å²) in [7, 11) is 1.82. The molecule has 4 heteroatoms. The van der Waals surface area contributed by atoms with Gasteiger partial charge < -0.3 is 15.1 Å². The minimum Gasteiger partial charge on any atom is -0.389 e. The number of nitrogens with zero attached hydrogens (tertiary/aromatic N) is 2.